The molecule has 2 aromatic heterocycles. The van der Waals surface area contributed by atoms with Crippen LogP contribution in [0.2, 0.25) is 0 Å². The number of Topliss-reactive ketones (excluding diaryl/α,β-unsaturated/α-hetero) is 2. The van der Waals surface area contributed by atoms with Crippen LogP contribution in [-0.4, -0.2) is 11.6 Å². The van der Waals surface area contributed by atoms with E-state index in [1.54, 1.807) is 12.1 Å². The van der Waals surface area contributed by atoms with Crippen molar-refractivity contribution in [3.8, 4) is 0 Å². The van der Waals surface area contributed by atoms with Crippen LogP contribution in [0.25, 0.3) is 0 Å². The first kappa shape index (κ1) is 12.7. The van der Waals surface area contributed by atoms with Gasteiger partial charge in [0.2, 0.25) is 0 Å². The molecule has 102 valence electrons. The van der Waals surface area contributed by atoms with Gasteiger partial charge in [0.1, 0.15) is 0 Å². The molecule has 1 aliphatic carbocycles. The van der Waals surface area contributed by atoms with Crippen LogP contribution in [-0.2, 0) is 5.41 Å². The summed E-state index contributed by atoms with van der Waals surface area (Å²) in [5.41, 5.74) is -0.111. The molecular weight excluding hydrogens is 300 g/mol. The molecule has 0 spiro atoms. The Morgan fingerprint density at radius 2 is 1.14 bits per heavy atom. The Morgan fingerprint density at radius 3 is 1.52 bits per heavy atom. The van der Waals surface area contributed by atoms with E-state index in [4.69, 9.17) is 0 Å². The summed E-state index contributed by atoms with van der Waals surface area (Å²) < 4.78 is 0. The third-order valence-corrected chi connectivity index (χ3v) is 5.86. The monoisotopic (exact) mass is 310 g/mol. The van der Waals surface area contributed by atoms with Crippen LogP contribution >= 0.6 is 22.7 Å². The van der Waals surface area contributed by atoms with Gasteiger partial charge in [-0.15, -0.1) is 22.7 Å². The lowest BCUT2D eigenvalue weighted by Crippen LogP contribution is -2.38. The minimum atomic E-state index is -1.17. The maximum absolute atomic E-state index is 13.1. The molecule has 0 amide bonds. The van der Waals surface area contributed by atoms with E-state index in [0.29, 0.717) is 11.1 Å². The highest BCUT2D eigenvalue weighted by Gasteiger charge is 2.56. The number of fused-ring (bicyclic) bond motifs is 1. The summed E-state index contributed by atoms with van der Waals surface area (Å²) >= 11 is 2.92. The number of carbonyl (C=O) groups excluding carboxylic acids is 2. The van der Waals surface area contributed by atoms with E-state index in [1.807, 2.05) is 47.2 Å². The SMILES string of the molecule is O=C1c2ccccc2C(=O)C1(c1cccs1)c1cccs1. The van der Waals surface area contributed by atoms with Crippen molar-refractivity contribution in [2.45, 2.75) is 5.41 Å². The molecule has 2 heterocycles. The van der Waals surface area contributed by atoms with Gasteiger partial charge >= 0.3 is 0 Å². The van der Waals surface area contributed by atoms with Crippen molar-refractivity contribution in [1.29, 1.82) is 0 Å². The zero-order valence-electron chi connectivity index (χ0n) is 10.9. The van der Waals surface area contributed by atoms with Crippen LogP contribution in [0, 0.1) is 0 Å². The molecule has 0 N–H and O–H groups in total. The van der Waals surface area contributed by atoms with E-state index in [2.05, 4.69) is 0 Å². The summed E-state index contributed by atoms with van der Waals surface area (Å²) in [6.45, 7) is 0. The van der Waals surface area contributed by atoms with Gasteiger partial charge in [-0.25, -0.2) is 0 Å². The highest BCUT2D eigenvalue weighted by atomic mass is 32.1. The minimum absolute atomic E-state index is 0.104. The third-order valence-electron chi connectivity index (χ3n) is 3.88. The van der Waals surface area contributed by atoms with Gasteiger partial charge in [0.05, 0.1) is 0 Å². The molecule has 0 aliphatic heterocycles. The van der Waals surface area contributed by atoms with E-state index in [1.165, 1.54) is 22.7 Å². The molecular formula is C17H10O2S2. The van der Waals surface area contributed by atoms with Crippen molar-refractivity contribution in [2.24, 2.45) is 0 Å². The Bertz CT molecular complexity index is 758. The Kier molecular flexibility index (Phi) is 2.71. The van der Waals surface area contributed by atoms with Gasteiger partial charge in [-0.2, -0.15) is 0 Å². The smallest absolute Gasteiger partial charge is 0.188 e. The van der Waals surface area contributed by atoms with Gasteiger partial charge in [-0.1, -0.05) is 36.4 Å². The fourth-order valence-corrected chi connectivity index (χ4v) is 4.87. The average Bonchev–Trinajstić information content (AvgIpc) is 3.23. The molecule has 21 heavy (non-hydrogen) atoms. The molecule has 1 aliphatic rings. The molecule has 0 bridgehead atoms. The van der Waals surface area contributed by atoms with Crippen LogP contribution in [0.15, 0.2) is 59.3 Å². The average molecular weight is 310 g/mol. The molecule has 4 heteroatoms. The van der Waals surface area contributed by atoms with Crippen molar-refractivity contribution in [2.75, 3.05) is 0 Å². The Morgan fingerprint density at radius 1 is 0.667 bits per heavy atom. The molecule has 0 saturated heterocycles. The molecule has 0 atom stereocenters. The lowest BCUT2D eigenvalue weighted by Gasteiger charge is -2.23. The van der Waals surface area contributed by atoms with Crippen molar-refractivity contribution in [3.63, 3.8) is 0 Å². The van der Waals surface area contributed by atoms with E-state index in [0.717, 1.165) is 9.75 Å². The Hall–Kier alpha value is -2.04. The zero-order chi connectivity index (χ0) is 14.4. The number of carbonyl (C=O) groups is 2. The number of ketones is 2. The van der Waals surface area contributed by atoms with Gasteiger partial charge in [0, 0.05) is 20.9 Å². The second kappa shape index (κ2) is 4.48. The molecule has 1 aromatic carbocycles. The molecule has 0 radical (unpaired) electrons. The number of hydrogen-bond donors (Lipinski definition) is 0. The number of thiophene rings is 2. The highest BCUT2D eigenvalue weighted by Crippen LogP contribution is 2.47. The van der Waals surface area contributed by atoms with Gasteiger partial charge in [-0.05, 0) is 22.9 Å². The van der Waals surface area contributed by atoms with Crippen molar-refractivity contribution in [1.82, 2.24) is 0 Å². The summed E-state index contributed by atoms with van der Waals surface area (Å²) in [7, 11) is 0. The topological polar surface area (TPSA) is 34.1 Å². The lowest BCUT2D eigenvalue weighted by molar-refractivity contribution is 0.0834. The molecule has 0 unspecified atom stereocenters. The summed E-state index contributed by atoms with van der Waals surface area (Å²) in [4.78, 5) is 27.8. The fraction of sp³-hybridized carbons (Fsp3) is 0.0588. The molecule has 0 fully saturated rings. The zero-order valence-corrected chi connectivity index (χ0v) is 12.5. The standard InChI is InChI=1S/C17H10O2S2/c18-15-11-5-1-2-6-12(11)16(19)17(15,13-7-3-9-20-13)14-8-4-10-21-14/h1-10H. The molecule has 0 saturated carbocycles. The summed E-state index contributed by atoms with van der Waals surface area (Å²) in [5.74, 6) is -0.207. The van der Waals surface area contributed by atoms with Crippen LogP contribution in [0.3, 0.4) is 0 Å². The van der Waals surface area contributed by atoms with Crippen molar-refractivity contribution >= 4 is 34.2 Å². The fourth-order valence-electron chi connectivity index (χ4n) is 2.94. The summed E-state index contributed by atoms with van der Waals surface area (Å²) in [5, 5.41) is 3.82. The first-order valence-electron chi connectivity index (χ1n) is 6.53. The van der Waals surface area contributed by atoms with Gasteiger partial charge in [-0.3, -0.25) is 9.59 Å². The van der Waals surface area contributed by atoms with Crippen LogP contribution in [0.4, 0.5) is 0 Å². The minimum Gasteiger partial charge on any atom is -0.292 e. The quantitative estimate of drug-likeness (QED) is 0.666. The van der Waals surface area contributed by atoms with Crippen LogP contribution < -0.4 is 0 Å². The van der Waals surface area contributed by atoms with Crippen LogP contribution in [0.1, 0.15) is 30.5 Å². The number of benzene rings is 1. The maximum atomic E-state index is 13.1. The van der Waals surface area contributed by atoms with Gasteiger partial charge < -0.3 is 0 Å². The molecule has 4 rings (SSSR count). The predicted molar refractivity (Wildman–Crippen MR) is 84.5 cm³/mol. The second-order valence-corrected chi connectivity index (χ2v) is 6.80. The Labute approximate surface area is 129 Å². The number of rotatable bonds is 2. The second-order valence-electron chi connectivity index (χ2n) is 4.91. The maximum Gasteiger partial charge on any atom is 0.188 e. The van der Waals surface area contributed by atoms with Gasteiger partial charge in [0.25, 0.3) is 0 Å². The van der Waals surface area contributed by atoms with Crippen molar-refractivity contribution < 1.29 is 9.59 Å². The predicted octanol–water partition coefficient (Wildman–Crippen LogP) is 4.17. The van der Waals surface area contributed by atoms with Crippen LogP contribution in [0.5, 0.6) is 0 Å². The first-order chi connectivity index (χ1) is 10.3. The van der Waals surface area contributed by atoms with E-state index >= 15 is 0 Å². The summed E-state index contributed by atoms with van der Waals surface area (Å²) in [6, 6.07) is 14.7. The summed E-state index contributed by atoms with van der Waals surface area (Å²) in [6.07, 6.45) is 0. The van der Waals surface area contributed by atoms with E-state index in [9.17, 15) is 9.59 Å². The van der Waals surface area contributed by atoms with E-state index < -0.39 is 5.41 Å². The number of hydrogen-bond acceptors (Lipinski definition) is 4. The molecule has 3 aromatic rings. The largest absolute Gasteiger partial charge is 0.292 e. The highest BCUT2D eigenvalue weighted by molar-refractivity contribution is 7.12. The van der Waals surface area contributed by atoms with E-state index in [-0.39, 0.29) is 11.6 Å². The molecule has 2 nitrogen and oxygen atoms in total. The normalized spacial score (nSPS) is 16.2. The third kappa shape index (κ3) is 1.51. The Balaban J connectivity index is 2.07. The first-order valence-corrected chi connectivity index (χ1v) is 8.29. The van der Waals surface area contributed by atoms with Gasteiger partial charge in [0.15, 0.2) is 17.0 Å². The lowest BCUT2D eigenvalue weighted by atomic mass is 9.79. The van der Waals surface area contributed by atoms with Crippen molar-refractivity contribution in [3.05, 3.63) is 80.2 Å².